The van der Waals surface area contributed by atoms with Gasteiger partial charge < -0.3 is 9.31 Å². The molecule has 3 heteroatoms. The molecule has 1 aliphatic rings. The first-order valence-electron chi connectivity index (χ1n) is 9.51. The van der Waals surface area contributed by atoms with Gasteiger partial charge in [0, 0.05) is 0 Å². The summed E-state index contributed by atoms with van der Waals surface area (Å²) in [6.45, 7) is 15.6. The maximum absolute atomic E-state index is 6.25. The van der Waals surface area contributed by atoms with E-state index in [1.54, 1.807) is 0 Å². The van der Waals surface area contributed by atoms with Gasteiger partial charge in [-0.05, 0) is 52.3 Å². The van der Waals surface area contributed by atoms with E-state index in [-0.39, 0.29) is 18.3 Å². The van der Waals surface area contributed by atoms with Crippen molar-refractivity contribution in [2.45, 2.75) is 117 Å². The Balaban J connectivity index is 2.63. The fourth-order valence-electron chi connectivity index (χ4n) is 3.38. The van der Waals surface area contributed by atoms with Crippen molar-refractivity contribution in [2.24, 2.45) is 5.41 Å². The van der Waals surface area contributed by atoms with Crippen LogP contribution in [0.5, 0.6) is 0 Å². The molecule has 1 aliphatic heterocycles. The van der Waals surface area contributed by atoms with Gasteiger partial charge >= 0.3 is 7.12 Å². The van der Waals surface area contributed by atoms with Gasteiger partial charge in [-0.15, -0.1) is 0 Å². The average molecular weight is 310 g/mol. The van der Waals surface area contributed by atoms with E-state index in [2.05, 4.69) is 48.5 Å². The van der Waals surface area contributed by atoms with Crippen molar-refractivity contribution < 1.29 is 9.31 Å². The smallest absolute Gasteiger partial charge is 0.403 e. The van der Waals surface area contributed by atoms with Gasteiger partial charge in [-0.2, -0.15) is 0 Å². The van der Waals surface area contributed by atoms with Crippen LogP contribution >= 0.6 is 0 Å². The molecule has 130 valence electrons. The maximum Gasteiger partial charge on any atom is 0.458 e. The maximum atomic E-state index is 6.25. The molecule has 0 bridgehead atoms. The predicted molar refractivity (Wildman–Crippen MR) is 97.3 cm³/mol. The fourth-order valence-corrected chi connectivity index (χ4v) is 3.38. The Morgan fingerprint density at radius 1 is 0.773 bits per heavy atom. The summed E-state index contributed by atoms with van der Waals surface area (Å²) in [5, 5.41) is 0. The van der Waals surface area contributed by atoms with Crippen LogP contribution in [0.4, 0.5) is 0 Å². The fraction of sp³-hybridized carbons (Fsp3) is 1.00. The number of unbranched alkanes of at least 4 members (excludes halogenated alkanes) is 4. The standard InChI is InChI=1S/C19H39BO2/c1-8-10-12-14-19(7,15-13-11-9-2)16-20-21-17(3,4)18(5,6)22-20/h8-16H2,1-7H3. The molecule has 0 saturated carbocycles. The highest BCUT2D eigenvalue weighted by Gasteiger charge is 2.52. The quantitative estimate of drug-likeness (QED) is 0.351. The lowest BCUT2D eigenvalue weighted by atomic mass is 9.64. The van der Waals surface area contributed by atoms with E-state index in [1.165, 1.54) is 51.4 Å². The summed E-state index contributed by atoms with van der Waals surface area (Å²) in [6.07, 6.45) is 11.6. The van der Waals surface area contributed by atoms with E-state index in [0.29, 0.717) is 5.41 Å². The van der Waals surface area contributed by atoms with Crippen LogP contribution < -0.4 is 0 Å². The van der Waals surface area contributed by atoms with Crippen LogP contribution in [0.2, 0.25) is 6.32 Å². The second kappa shape index (κ2) is 8.19. The van der Waals surface area contributed by atoms with Crippen molar-refractivity contribution in [3.8, 4) is 0 Å². The zero-order valence-corrected chi connectivity index (χ0v) is 16.3. The lowest BCUT2D eigenvalue weighted by Gasteiger charge is -2.32. The number of rotatable bonds is 10. The lowest BCUT2D eigenvalue weighted by molar-refractivity contribution is 0.00578. The van der Waals surface area contributed by atoms with Crippen LogP contribution in [-0.4, -0.2) is 18.3 Å². The van der Waals surface area contributed by atoms with Gasteiger partial charge in [-0.3, -0.25) is 0 Å². The SMILES string of the molecule is CCCCCC(C)(CCCCC)CB1OC(C)(C)C(C)(C)O1. The molecule has 0 aromatic heterocycles. The van der Waals surface area contributed by atoms with Crippen molar-refractivity contribution in [2.75, 3.05) is 0 Å². The minimum atomic E-state index is -0.203. The molecule has 0 N–H and O–H groups in total. The Bertz CT molecular complexity index is 299. The normalized spacial score (nSPS) is 20.6. The molecule has 1 rings (SSSR count). The van der Waals surface area contributed by atoms with Crippen LogP contribution in [0.15, 0.2) is 0 Å². The summed E-state index contributed by atoms with van der Waals surface area (Å²) in [6, 6.07) is 0. The van der Waals surface area contributed by atoms with Gasteiger partial charge in [-0.1, -0.05) is 59.3 Å². The third-order valence-electron chi connectivity index (χ3n) is 5.73. The van der Waals surface area contributed by atoms with Crippen LogP contribution in [0.1, 0.15) is 99.8 Å². The molecule has 1 saturated heterocycles. The predicted octanol–water partition coefficient (Wildman–Crippen LogP) is 6.25. The number of hydrogen-bond acceptors (Lipinski definition) is 2. The molecule has 0 atom stereocenters. The minimum absolute atomic E-state index is 0.0433. The van der Waals surface area contributed by atoms with Gasteiger partial charge in [0.05, 0.1) is 11.2 Å². The summed E-state index contributed by atoms with van der Waals surface area (Å²) in [4.78, 5) is 0. The Labute approximate surface area is 139 Å². The summed E-state index contributed by atoms with van der Waals surface area (Å²) >= 11 is 0. The number of hydrogen-bond donors (Lipinski definition) is 0. The summed E-state index contributed by atoms with van der Waals surface area (Å²) < 4.78 is 12.5. The van der Waals surface area contributed by atoms with Crippen LogP contribution in [0.3, 0.4) is 0 Å². The molecule has 0 unspecified atom stereocenters. The lowest BCUT2D eigenvalue weighted by Crippen LogP contribution is -2.41. The van der Waals surface area contributed by atoms with Crippen molar-refractivity contribution in [3.05, 3.63) is 0 Å². The summed E-state index contributed by atoms with van der Waals surface area (Å²) in [5.74, 6) is 0. The van der Waals surface area contributed by atoms with Crippen LogP contribution in [-0.2, 0) is 9.31 Å². The highest BCUT2D eigenvalue weighted by molar-refractivity contribution is 6.45. The van der Waals surface area contributed by atoms with Gasteiger partial charge in [-0.25, -0.2) is 0 Å². The molecule has 0 aromatic rings. The molecule has 2 nitrogen and oxygen atoms in total. The Kier molecular flexibility index (Phi) is 7.46. The second-order valence-electron chi connectivity index (χ2n) is 8.61. The monoisotopic (exact) mass is 310 g/mol. The Morgan fingerprint density at radius 2 is 1.18 bits per heavy atom. The minimum Gasteiger partial charge on any atom is -0.403 e. The Morgan fingerprint density at radius 3 is 1.55 bits per heavy atom. The Hall–Kier alpha value is -0.0151. The second-order valence-corrected chi connectivity index (χ2v) is 8.61. The summed E-state index contributed by atoms with van der Waals surface area (Å²) in [7, 11) is -0.0433. The molecule has 0 aliphatic carbocycles. The van der Waals surface area contributed by atoms with Crippen molar-refractivity contribution >= 4 is 7.12 Å². The van der Waals surface area contributed by atoms with Gasteiger partial charge in [0.2, 0.25) is 0 Å². The van der Waals surface area contributed by atoms with E-state index in [1.807, 2.05) is 0 Å². The topological polar surface area (TPSA) is 18.5 Å². The molecule has 1 fully saturated rings. The molecule has 0 aromatic carbocycles. The first-order valence-corrected chi connectivity index (χ1v) is 9.51. The van der Waals surface area contributed by atoms with Gasteiger partial charge in [0.1, 0.15) is 0 Å². The largest absolute Gasteiger partial charge is 0.458 e. The first-order chi connectivity index (χ1) is 10.2. The average Bonchev–Trinajstić information content (AvgIpc) is 2.57. The van der Waals surface area contributed by atoms with Crippen LogP contribution in [0.25, 0.3) is 0 Å². The molecule has 0 spiro atoms. The van der Waals surface area contributed by atoms with E-state index < -0.39 is 0 Å². The molecular weight excluding hydrogens is 271 g/mol. The van der Waals surface area contributed by atoms with E-state index in [9.17, 15) is 0 Å². The van der Waals surface area contributed by atoms with E-state index in [0.717, 1.165) is 6.32 Å². The molecule has 22 heavy (non-hydrogen) atoms. The highest BCUT2D eigenvalue weighted by Crippen LogP contribution is 2.43. The molecule has 0 radical (unpaired) electrons. The molecular formula is C19H39BO2. The molecule has 0 amide bonds. The molecule has 1 heterocycles. The van der Waals surface area contributed by atoms with Crippen molar-refractivity contribution in [1.29, 1.82) is 0 Å². The van der Waals surface area contributed by atoms with E-state index >= 15 is 0 Å². The summed E-state index contributed by atoms with van der Waals surface area (Å²) in [5.41, 5.74) is -0.0532. The van der Waals surface area contributed by atoms with Gasteiger partial charge in [0.15, 0.2) is 0 Å². The van der Waals surface area contributed by atoms with Crippen LogP contribution in [0, 0.1) is 5.41 Å². The zero-order valence-electron chi connectivity index (χ0n) is 16.3. The first kappa shape index (κ1) is 20.0. The van der Waals surface area contributed by atoms with E-state index in [4.69, 9.17) is 9.31 Å². The third kappa shape index (κ3) is 5.56. The highest BCUT2D eigenvalue weighted by atomic mass is 16.7. The van der Waals surface area contributed by atoms with Crippen molar-refractivity contribution in [1.82, 2.24) is 0 Å². The van der Waals surface area contributed by atoms with Gasteiger partial charge in [0.25, 0.3) is 0 Å². The third-order valence-corrected chi connectivity index (χ3v) is 5.73. The van der Waals surface area contributed by atoms with Crippen molar-refractivity contribution in [3.63, 3.8) is 0 Å². The zero-order chi connectivity index (χ0) is 16.9.